The summed E-state index contributed by atoms with van der Waals surface area (Å²) >= 11 is 0. The lowest BCUT2D eigenvalue weighted by Crippen LogP contribution is -2.29. The number of allylic oxidation sites excluding steroid dienone is 2. The molecule has 3 atom stereocenters. The van der Waals surface area contributed by atoms with Crippen LogP contribution in [0.25, 0.3) is 10.8 Å². The molecule has 2 aliphatic rings. The van der Waals surface area contributed by atoms with Crippen LogP contribution in [0.2, 0.25) is 0 Å². The molecule has 112 valence electrons. The standard InChI is InChI=1S/C22H19N/c1-2-8-16(9-3-1)22-19-12-6-11-18(19)21-17-10-5-4-7-15(17)13-14-20(21)23-22/h1-11,13-14,18-19,22-23H,12H2/t18-,19-,22+/m0/s1. The van der Waals surface area contributed by atoms with Crippen LogP contribution in [-0.4, -0.2) is 0 Å². The first kappa shape index (κ1) is 13.0. The maximum atomic E-state index is 3.84. The SMILES string of the molecule is C1=C[C@@H]2c3c(ccc4ccccc34)N[C@H](c3ccccc3)[C@H]2C1. The third-order valence-electron chi connectivity index (χ3n) is 5.41. The van der Waals surface area contributed by atoms with Crippen LogP contribution >= 0.6 is 0 Å². The third kappa shape index (κ3) is 1.93. The summed E-state index contributed by atoms with van der Waals surface area (Å²) in [7, 11) is 0. The molecule has 0 saturated carbocycles. The van der Waals surface area contributed by atoms with Crippen LogP contribution in [0.5, 0.6) is 0 Å². The quantitative estimate of drug-likeness (QED) is 0.571. The van der Waals surface area contributed by atoms with E-state index in [0.717, 1.165) is 6.42 Å². The van der Waals surface area contributed by atoms with Crippen LogP contribution in [0.1, 0.15) is 29.5 Å². The van der Waals surface area contributed by atoms with Crippen molar-refractivity contribution in [1.29, 1.82) is 0 Å². The van der Waals surface area contributed by atoms with Gasteiger partial charge in [0, 0.05) is 11.6 Å². The minimum atomic E-state index is 0.393. The zero-order valence-electron chi connectivity index (χ0n) is 12.9. The van der Waals surface area contributed by atoms with E-state index < -0.39 is 0 Å². The number of benzene rings is 3. The molecule has 0 saturated heterocycles. The van der Waals surface area contributed by atoms with Gasteiger partial charge in [0.25, 0.3) is 0 Å². The molecule has 0 radical (unpaired) electrons. The van der Waals surface area contributed by atoms with Crippen LogP contribution in [0.4, 0.5) is 5.69 Å². The normalized spacial score (nSPS) is 25.0. The maximum absolute atomic E-state index is 3.84. The Morgan fingerprint density at radius 1 is 0.826 bits per heavy atom. The fraction of sp³-hybridized carbons (Fsp3) is 0.182. The van der Waals surface area contributed by atoms with Gasteiger partial charge in [-0.15, -0.1) is 0 Å². The first-order chi connectivity index (χ1) is 11.4. The highest BCUT2D eigenvalue weighted by atomic mass is 15.0. The van der Waals surface area contributed by atoms with Crippen LogP contribution in [-0.2, 0) is 0 Å². The number of rotatable bonds is 1. The van der Waals surface area contributed by atoms with Gasteiger partial charge in [0.05, 0.1) is 6.04 Å². The van der Waals surface area contributed by atoms with Crippen molar-refractivity contribution in [3.8, 4) is 0 Å². The highest BCUT2D eigenvalue weighted by Crippen LogP contribution is 2.51. The molecule has 3 aromatic carbocycles. The number of nitrogens with one attached hydrogen (secondary N) is 1. The second-order valence-electron chi connectivity index (χ2n) is 6.63. The molecule has 1 N–H and O–H groups in total. The Kier molecular flexibility index (Phi) is 2.81. The smallest absolute Gasteiger partial charge is 0.0553 e. The van der Waals surface area contributed by atoms with Gasteiger partial charge in [0.15, 0.2) is 0 Å². The van der Waals surface area contributed by atoms with Crippen molar-refractivity contribution in [3.63, 3.8) is 0 Å². The van der Waals surface area contributed by atoms with Crippen LogP contribution in [0.3, 0.4) is 0 Å². The second-order valence-corrected chi connectivity index (χ2v) is 6.63. The third-order valence-corrected chi connectivity index (χ3v) is 5.41. The van der Waals surface area contributed by atoms with Gasteiger partial charge in [-0.1, -0.05) is 72.8 Å². The predicted octanol–water partition coefficient (Wildman–Crippen LogP) is 5.67. The number of hydrogen-bond donors (Lipinski definition) is 1. The Hall–Kier alpha value is -2.54. The molecule has 23 heavy (non-hydrogen) atoms. The Balaban J connectivity index is 1.71. The Bertz CT molecular complexity index is 894. The van der Waals surface area contributed by atoms with Gasteiger partial charge in [-0.3, -0.25) is 0 Å². The summed E-state index contributed by atoms with van der Waals surface area (Å²) in [6, 6.07) is 24.5. The lowest BCUT2D eigenvalue weighted by molar-refractivity contribution is 0.427. The second kappa shape index (κ2) is 4.99. The zero-order chi connectivity index (χ0) is 15.2. The van der Waals surface area contributed by atoms with Crippen molar-refractivity contribution in [2.45, 2.75) is 18.4 Å². The summed E-state index contributed by atoms with van der Waals surface area (Å²) < 4.78 is 0. The molecule has 3 aromatic rings. The topological polar surface area (TPSA) is 12.0 Å². The molecule has 1 heteroatoms. The van der Waals surface area contributed by atoms with Gasteiger partial charge < -0.3 is 5.32 Å². The Labute approximate surface area is 136 Å². The summed E-state index contributed by atoms with van der Waals surface area (Å²) in [5.74, 6) is 1.12. The predicted molar refractivity (Wildman–Crippen MR) is 96.7 cm³/mol. The zero-order valence-corrected chi connectivity index (χ0v) is 12.9. The van der Waals surface area contributed by atoms with Crippen molar-refractivity contribution in [2.24, 2.45) is 5.92 Å². The van der Waals surface area contributed by atoms with E-state index >= 15 is 0 Å². The monoisotopic (exact) mass is 297 g/mol. The first-order valence-electron chi connectivity index (χ1n) is 8.41. The molecule has 1 aliphatic heterocycles. The minimum Gasteiger partial charge on any atom is -0.378 e. The maximum Gasteiger partial charge on any atom is 0.0553 e. The lowest BCUT2D eigenvalue weighted by Gasteiger charge is -2.38. The van der Waals surface area contributed by atoms with Crippen LogP contribution < -0.4 is 5.32 Å². The Morgan fingerprint density at radius 2 is 1.65 bits per heavy atom. The Morgan fingerprint density at radius 3 is 2.57 bits per heavy atom. The van der Waals surface area contributed by atoms with Gasteiger partial charge in [-0.25, -0.2) is 0 Å². The van der Waals surface area contributed by atoms with Crippen LogP contribution in [0.15, 0.2) is 78.9 Å². The van der Waals surface area contributed by atoms with Gasteiger partial charge in [-0.05, 0) is 40.3 Å². The molecule has 1 heterocycles. The van der Waals surface area contributed by atoms with E-state index in [1.165, 1.54) is 27.6 Å². The molecule has 0 spiro atoms. The molecular weight excluding hydrogens is 278 g/mol. The van der Waals surface area contributed by atoms with Crippen molar-refractivity contribution in [1.82, 2.24) is 0 Å². The molecule has 0 fully saturated rings. The summed E-state index contributed by atoms with van der Waals surface area (Å²) in [5.41, 5.74) is 4.17. The number of anilines is 1. The molecule has 0 aromatic heterocycles. The fourth-order valence-electron chi connectivity index (χ4n) is 4.37. The average Bonchev–Trinajstić information content (AvgIpc) is 3.11. The highest BCUT2D eigenvalue weighted by Gasteiger charge is 2.38. The summed E-state index contributed by atoms with van der Waals surface area (Å²) in [6.07, 6.45) is 5.94. The first-order valence-corrected chi connectivity index (χ1v) is 8.41. The van der Waals surface area contributed by atoms with E-state index in [1.54, 1.807) is 0 Å². The fourth-order valence-corrected chi connectivity index (χ4v) is 4.37. The average molecular weight is 297 g/mol. The van der Waals surface area contributed by atoms with Crippen molar-refractivity contribution in [2.75, 3.05) is 5.32 Å². The van der Waals surface area contributed by atoms with Gasteiger partial charge in [0.1, 0.15) is 0 Å². The number of hydrogen-bond acceptors (Lipinski definition) is 1. The molecule has 0 bridgehead atoms. The lowest BCUT2D eigenvalue weighted by atomic mass is 9.75. The van der Waals surface area contributed by atoms with Crippen molar-refractivity contribution < 1.29 is 0 Å². The summed E-state index contributed by atoms with van der Waals surface area (Å²) in [6.45, 7) is 0. The molecular formula is C22H19N. The van der Waals surface area contributed by atoms with E-state index in [1.807, 2.05) is 0 Å². The van der Waals surface area contributed by atoms with Gasteiger partial charge in [0.2, 0.25) is 0 Å². The molecule has 0 amide bonds. The molecule has 0 unspecified atom stereocenters. The van der Waals surface area contributed by atoms with E-state index in [4.69, 9.17) is 0 Å². The molecule has 1 nitrogen and oxygen atoms in total. The van der Waals surface area contributed by atoms with Gasteiger partial charge >= 0.3 is 0 Å². The molecule has 5 rings (SSSR count). The summed E-state index contributed by atoms with van der Waals surface area (Å²) in [5, 5.41) is 6.57. The van der Waals surface area contributed by atoms with E-state index in [-0.39, 0.29) is 0 Å². The largest absolute Gasteiger partial charge is 0.378 e. The summed E-state index contributed by atoms with van der Waals surface area (Å²) in [4.78, 5) is 0. The van der Waals surface area contributed by atoms with E-state index in [2.05, 4.69) is 84.2 Å². The minimum absolute atomic E-state index is 0.393. The number of fused-ring (bicyclic) bond motifs is 5. The highest BCUT2D eigenvalue weighted by molar-refractivity contribution is 5.91. The van der Waals surface area contributed by atoms with Gasteiger partial charge in [-0.2, -0.15) is 0 Å². The molecule has 1 aliphatic carbocycles. The van der Waals surface area contributed by atoms with Crippen molar-refractivity contribution in [3.05, 3.63) is 90.0 Å². The van der Waals surface area contributed by atoms with E-state index in [9.17, 15) is 0 Å². The van der Waals surface area contributed by atoms with Crippen LogP contribution in [0, 0.1) is 5.92 Å². The van der Waals surface area contributed by atoms with E-state index in [0.29, 0.717) is 17.9 Å². The van der Waals surface area contributed by atoms with Crippen molar-refractivity contribution >= 4 is 16.5 Å².